The first kappa shape index (κ1) is 24.0. The molecule has 2 saturated heterocycles. The van der Waals surface area contributed by atoms with E-state index < -0.39 is 0 Å². The molecule has 0 radical (unpaired) electrons. The van der Waals surface area contributed by atoms with Gasteiger partial charge in [0, 0.05) is 62.8 Å². The highest BCUT2D eigenvalue weighted by Gasteiger charge is 2.29. The maximum absolute atomic E-state index is 13.1. The van der Waals surface area contributed by atoms with E-state index in [4.69, 9.17) is 4.74 Å². The Hall–Kier alpha value is -3.38. The first-order chi connectivity index (χ1) is 18.2. The summed E-state index contributed by atoms with van der Waals surface area (Å²) in [6.45, 7) is 5.83. The highest BCUT2D eigenvalue weighted by Crippen LogP contribution is 2.27. The topological polar surface area (TPSA) is 48.9 Å². The molecule has 1 amide bonds. The molecule has 0 bridgehead atoms. The molecule has 3 aliphatic rings. The third-order valence-electron chi connectivity index (χ3n) is 8.29. The van der Waals surface area contributed by atoms with E-state index in [1.54, 1.807) is 12.4 Å². The van der Waals surface area contributed by atoms with Crippen LogP contribution >= 0.6 is 0 Å². The van der Waals surface area contributed by atoms with Gasteiger partial charge in [-0.25, -0.2) is 0 Å². The maximum atomic E-state index is 13.1. The second-order valence-electron chi connectivity index (χ2n) is 10.6. The average Bonchev–Trinajstić information content (AvgIpc) is 2.98. The average molecular weight is 497 g/mol. The molecule has 3 aromatic rings. The van der Waals surface area contributed by atoms with E-state index in [0.29, 0.717) is 18.7 Å². The van der Waals surface area contributed by atoms with Gasteiger partial charge in [-0.2, -0.15) is 0 Å². The normalized spacial score (nSPS) is 19.5. The second kappa shape index (κ2) is 10.9. The van der Waals surface area contributed by atoms with Crippen molar-refractivity contribution in [1.29, 1.82) is 0 Å². The molecule has 2 fully saturated rings. The van der Waals surface area contributed by atoms with Crippen molar-refractivity contribution in [2.45, 2.75) is 50.8 Å². The molecular weight excluding hydrogens is 460 g/mol. The number of fused-ring (bicyclic) bond motifs is 1. The molecule has 37 heavy (non-hydrogen) atoms. The van der Waals surface area contributed by atoms with Crippen LogP contribution in [0.1, 0.15) is 47.2 Å². The highest BCUT2D eigenvalue weighted by molar-refractivity contribution is 5.94. The number of ether oxygens (including phenoxy) is 1. The molecule has 0 atom stereocenters. The predicted molar refractivity (Wildman–Crippen MR) is 146 cm³/mol. The van der Waals surface area contributed by atoms with Crippen LogP contribution in [0, 0.1) is 0 Å². The number of hydrogen-bond donors (Lipinski definition) is 0. The molecule has 6 heteroatoms. The maximum Gasteiger partial charge on any atom is 0.254 e. The summed E-state index contributed by atoms with van der Waals surface area (Å²) in [6.07, 6.45) is 9.33. The van der Waals surface area contributed by atoms with Gasteiger partial charge in [-0.1, -0.05) is 24.3 Å². The first-order valence-corrected chi connectivity index (χ1v) is 13.7. The second-order valence-corrected chi connectivity index (χ2v) is 10.6. The number of rotatable bonds is 5. The van der Waals surface area contributed by atoms with Crippen LogP contribution in [-0.4, -0.2) is 65.6 Å². The molecule has 0 aliphatic carbocycles. The van der Waals surface area contributed by atoms with Crippen molar-refractivity contribution in [3.05, 3.63) is 89.7 Å². The number of likely N-dealkylation sites (tertiary alicyclic amines) is 1. The zero-order valence-corrected chi connectivity index (χ0v) is 21.5. The van der Waals surface area contributed by atoms with E-state index in [1.807, 2.05) is 29.2 Å². The number of aromatic nitrogens is 1. The van der Waals surface area contributed by atoms with E-state index in [2.05, 4.69) is 51.2 Å². The molecule has 1 aromatic heterocycles. The van der Waals surface area contributed by atoms with Gasteiger partial charge in [0.05, 0.1) is 6.20 Å². The molecule has 0 unspecified atom stereocenters. The minimum absolute atomic E-state index is 0.135. The third-order valence-corrected chi connectivity index (χ3v) is 8.29. The fraction of sp³-hybridized carbons (Fsp3) is 0.419. The Morgan fingerprint density at radius 2 is 1.57 bits per heavy atom. The lowest BCUT2D eigenvalue weighted by Gasteiger charge is -2.42. The highest BCUT2D eigenvalue weighted by atomic mass is 16.5. The lowest BCUT2D eigenvalue weighted by Crippen LogP contribution is -2.49. The summed E-state index contributed by atoms with van der Waals surface area (Å²) in [5.74, 6) is 1.01. The van der Waals surface area contributed by atoms with Gasteiger partial charge >= 0.3 is 0 Å². The standard InChI is InChI=1S/C31H36N4O2/c36-31(35-17-11-24-4-1-2-5-26(24)23-35)25-7-9-27(10-8-25)33-18-12-28(13-19-33)34-20-14-29(15-21-34)37-30-6-3-16-32-22-30/h1-10,16,22,28-29H,11-15,17-21,23H2. The van der Waals surface area contributed by atoms with E-state index in [1.165, 1.54) is 29.7 Å². The van der Waals surface area contributed by atoms with Gasteiger partial charge in [0.2, 0.25) is 0 Å². The van der Waals surface area contributed by atoms with Crippen molar-refractivity contribution in [2.24, 2.45) is 0 Å². The van der Waals surface area contributed by atoms with Crippen LogP contribution < -0.4 is 9.64 Å². The minimum Gasteiger partial charge on any atom is -0.489 e. The molecule has 2 aromatic carbocycles. The van der Waals surface area contributed by atoms with E-state index >= 15 is 0 Å². The Labute approximate surface area is 219 Å². The number of amides is 1. The van der Waals surface area contributed by atoms with E-state index in [0.717, 1.165) is 63.3 Å². The number of nitrogens with zero attached hydrogens (tertiary/aromatic N) is 4. The van der Waals surface area contributed by atoms with Crippen LogP contribution in [0.3, 0.4) is 0 Å². The quantitative estimate of drug-likeness (QED) is 0.508. The van der Waals surface area contributed by atoms with E-state index in [9.17, 15) is 4.79 Å². The van der Waals surface area contributed by atoms with Crippen LogP contribution in [0.25, 0.3) is 0 Å². The number of carbonyl (C=O) groups excluding carboxylic acids is 1. The molecule has 0 saturated carbocycles. The summed E-state index contributed by atoms with van der Waals surface area (Å²) < 4.78 is 6.12. The summed E-state index contributed by atoms with van der Waals surface area (Å²) in [5.41, 5.74) is 4.65. The van der Waals surface area contributed by atoms with Crippen LogP contribution in [0.4, 0.5) is 5.69 Å². The molecule has 192 valence electrons. The molecule has 4 heterocycles. The summed E-state index contributed by atoms with van der Waals surface area (Å²) >= 11 is 0. The van der Waals surface area contributed by atoms with Gasteiger partial charge in [-0.15, -0.1) is 0 Å². The van der Waals surface area contributed by atoms with Crippen LogP contribution in [0.2, 0.25) is 0 Å². The number of piperidine rings is 2. The molecular formula is C31H36N4O2. The number of carbonyl (C=O) groups is 1. The third kappa shape index (κ3) is 5.49. The van der Waals surface area contributed by atoms with Crippen molar-refractivity contribution in [3.8, 4) is 5.75 Å². The zero-order valence-electron chi connectivity index (χ0n) is 21.5. The molecule has 6 nitrogen and oxygen atoms in total. The molecule has 0 spiro atoms. The Bertz CT molecular complexity index is 1180. The number of hydrogen-bond acceptors (Lipinski definition) is 5. The number of anilines is 1. The molecule has 0 N–H and O–H groups in total. The Morgan fingerprint density at radius 1 is 0.811 bits per heavy atom. The zero-order chi connectivity index (χ0) is 25.0. The van der Waals surface area contributed by atoms with Crippen molar-refractivity contribution < 1.29 is 9.53 Å². The van der Waals surface area contributed by atoms with Crippen LogP contribution in [-0.2, 0) is 13.0 Å². The summed E-state index contributed by atoms with van der Waals surface area (Å²) in [5, 5.41) is 0. The first-order valence-electron chi connectivity index (χ1n) is 13.7. The van der Waals surface area contributed by atoms with Gasteiger partial charge in [0.1, 0.15) is 11.9 Å². The van der Waals surface area contributed by atoms with Gasteiger partial charge < -0.3 is 14.5 Å². The Morgan fingerprint density at radius 3 is 2.30 bits per heavy atom. The fourth-order valence-corrected chi connectivity index (χ4v) is 6.12. The van der Waals surface area contributed by atoms with Gasteiger partial charge in [0.15, 0.2) is 0 Å². The molecule has 3 aliphatic heterocycles. The van der Waals surface area contributed by atoms with Crippen molar-refractivity contribution in [2.75, 3.05) is 37.6 Å². The van der Waals surface area contributed by atoms with Crippen LogP contribution in [0.15, 0.2) is 73.1 Å². The smallest absolute Gasteiger partial charge is 0.254 e. The van der Waals surface area contributed by atoms with E-state index in [-0.39, 0.29) is 5.91 Å². The van der Waals surface area contributed by atoms with Gasteiger partial charge in [0.25, 0.3) is 5.91 Å². The van der Waals surface area contributed by atoms with Gasteiger partial charge in [-0.3, -0.25) is 14.7 Å². The lowest BCUT2D eigenvalue weighted by atomic mass is 9.98. The molecule has 6 rings (SSSR count). The number of benzene rings is 2. The largest absolute Gasteiger partial charge is 0.489 e. The lowest BCUT2D eigenvalue weighted by molar-refractivity contribution is 0.0672. The SMILES string of the molecule is O=C(c1ccc(N2CCC(N3CCC(Oc4cccnc4)CC3)CC2)cc1)N1CCc2ccccc2C1. The van der Waals surface area contributed by atoms with Crippen molar-refractivity contribution in [1.82, 2.24) is 14.8 Å². The van der Waals surface area contributed by atoms with Crippen molar-refractivity contribution in [3.63, 3.8) is 0 Å². The Kier molecular flexibility index (Phi) is 7.09. The fourth-order valence-electron chi connectivity index (χ4n) is 6.12. The summed E-state index contributed by atoms with van der Waals surface area (Å²) in [6, 6.07) is 21.3. The van der Waals surface area contributed by atoms with Gasteiger partial charge in [-0.05, 0) is 79.6 Å². The number of pyridine rings is 1. The summed E-state index contributed by atoms with van der Waals surface area (Å²) in [7, 11) is 0. The minimum atomic E-state index is 0.135. The Balaban J connectivity index is 0.979. The monoisotopic (exact) mass is 496 g/mol. The van der Waals surface area contributed by atoms with Crippen LogP contribution in [0.5, 0.6) is 5.75 Å². The summed E-state index contributed by atoms with van der Waals surface area (Å²) in [4.78, 5) is 24.4. The van der Waals surface area contributed by atoms with Crippen molar-refractivity contribution >= 4 is 11.6 Å². The predicted octanol–water partition coefficient (Wildman–Crippen LogP) is 4.79.